The highest BCUT2D eigenvalue weighted by atomic mass is 16.5. The van der Waals surface area contributed by atoms with Gasteiger partial charge in [-0.1, -0.05) is 20.3 Å². The first-order valence-corrected chi connectivity index (χ1v) is 5.11. The van der Waals surface area contributed by atoms with Crippen molar-refractivity contribution in [2.45, 2.75) is 65.6 Å². The number of ether oxygens (including phenoxy) is 1. The van der Waals surface area contributed by atoms with E-state index in [0.717, 1.165) is 12.8 Å². The molecule has 0 aliphatic rings. The summed E-state index contributed by atoms with van der Waals surface area (Å²) in [7, 11) is 0. The molecular formula is C11H22O2. The van der Waals surface area contributed by atoms with Gasteiger partial charge in [0.1, 0.15) is 6.10 Å². The van der Waals surface area contributed by atoms with Crippen molar-refractivity contribution in [3.63, 3.8) is 0 Å². The van der Waals surface area contributed by atoms with E-state index < -0.39 is 0 Å². The third-order valence-electron chi connectivity index (χ3n) is 1.75. The molecule has 0 radical (unpaired) electrons. The Labute approximate surface area is 81.7 Å². The van der Waals surface area contributed by atoms with E-state index in [0.29, 0.717) is 6.42 Å². The summed E-state index contributed by atoms with van der Waals surface area (Å²) in [6, 6.07) is 0. The van der Waals surface area contributed by atoms with Gasteiger partial charge in [0, 0.05) is 6.42 Å². The van der Waals surface area contributed by atoms with Gasteiger partial charge in [0.05, 0.1) is 5.60 Å². The Morgan fingerprint density at radius 1 is 1.31 bits per heavy atom. The summed E-state index contributed by atoms with van der Waals surface area (Å²) < 4.78 is 5.68. The van der Waals surface area contributed by atoms with Crippen LogP contribution in [0.5, 0.6) is 0 Å². The predicted octanol–water partition coefficient (Wildman–Crippen LogP) is 2.95. The van der Waals surface area contributed by atoms with E-state index in [9.17, 15) is 4.79 Å². The number of carbonyl (C=O) groups is 1. The Hall–Kier alpha value is -0.370. The average Bonchev–Trinajstić information content (AvgIpc) is 2.00. The van der Waals surface area contributed by atoms with Crippen LogP contribution >= 0.6 is 0 Å². The van der Waals surface area contributed by atoms with Gasteiger partial charge in [0.25, 0.3) is 0 Å². The third-order valence-corrected chi connectivity index (χ3v) is 1.75. The van der Waals surface area contributed by atoms with Crippen LogP contribution in [0.15, 0.2) is 0 Å². The van der Waals surface area contributed by atoms with Gasteiger partial charge in [-0.15, -0.1) is 0 Å². The zero-order valence-electron chi connectivity index (χ0n) is 9.52. The molecule has 0 aromatic rings. The van der Waals surface area contributed by atoms with Crippen LogP contribution < -0.4 is 0 Å². The molecule has 0 unspecified atom stereocenters. The Kier molecular flexibility index (Phi) is 5.23. The number of rotatable bonds is 5. The van der Waals surface area contributed by atoms with Crippen molar-refractivity contribution in [3.8, 4) is 0 Å². The van der Waals surface area contributed by atoms with Gasteiger partial charge in [0.2, 0.25) is 0 Å². The Bertz CT molecular complexity index is 156. The first-order chi connectivity index (χ1) is 5.90. The minimum Gasteiger partial charge on any atom is -0.365 e. The summed E-state index contributed by atoms with van der Waals surface area (Å²) in [5, 5.41) is 0. The second-order valence-corrected chi connectivity index (χ2v) is 4.33. The first-order valence-electron chi connectivity index (χ1n) is 5.11. The van der Waals surface area contributed by atoms with Crippen LogP contribution in [0.4, 0.5) is 0 Å². The fourth-order valence-corrected chi connectivity index (χ4v) is 1.20. The van der Waals surface area contributed by atoms with E-state index in [-0.39, 0.29) is 17.5 Å². The van der Waals surface area contributed by atoms with Gasteiger partial charge in [-0.25, -0.2) is 0 Å². The lowest BCUT2D eigenvalue weighted by Crippen LogP contribution is -2.32. The monoisotopic (exact) mass is 186 g/mol. The fourth-order valence-electron chi connectivity index (χ4n) is 1.20. The molecule has 2 nitrogen and oxygen atoms in total. The summed E-state index contributed by atoms with van der Waals surface area (Å²) in [5.74, 6) is 0.219. The summed E-state index contributed by atoms with van der Waals surface area (Å²) in [5.41, 5.74) is -0.218. The lowest BCUT2D eigenvalue weighted by Gasteiger charge is -2.26. The van der Waals surface area contributed by atoms with Crippen LogP contribution in [0.2, 0.25) is 0 Å². The van der Waals surface area contributed by atoms with Crippen LogP contribution in [-0.2, 0) is 9.53 Å². The van der Waals surface area contributed by atoms with E-state index in [1.807, 2.05) is 27.7 Å². The minimum atomic E-state index is -0.218. The number of ketones is 1. The Morgan fingerprint density at radius 2 is 1.85 bits per heavy atom. The lowest BCUT2D eigenvalue weighted by atomic mass is 10.1. The molecular weight excluding hydrogens is 164 g/mol. The van der Waals surface area contributed by atoms with Gasteiger partial charge in [-0.2, -0.15) is 0 Å². The van der Waals surface area contributed by atoms with Gasteiger partial charge >= 0.3 is 0 Å². The van der Waals surface area contributed by atoms with E-state index >= 15 is 0 Å². The van der Waals surface area contributed by atoms with E-state index in [4.69, 9.17) is 4.74 Å². The first kappa shape index (κ1) is 12.6. The van der Waals surface area contributed by atoms with E-state index in [1.165, 1.54) is 0 Å². The highest BCUT2D eigenvalue weighted by Gasteiger charge is 2.22. The van der Waals surface area contributed by atoms with E-state index in [1.54, 1.807) is 0 Å². The van der Waals surface area contributed by atoms with E-state index in [2.05, 4.69) is 6.92 Å². The normalized spacial score (nSPS) is 14.2. The third kappa shape index (κ3) is 5.81. The predicted molar refractivity (Wildman–Crippen MR) is 54.8 cm³/mol. The van der Waals surface area contributed by atoms with Crippen molar-refractivity contribution < 1.29 is 9.53 Å². The maximum absolute atomic E-state index is 11.5. The number of hydrogen-bond acceptors (Lipinski definition) is 2. The Morgan fingerprint density at radius 3 is 2.15 bits per heavy atom. The highest BCUT2D eigenvalue weighted by molar-refractivity contribution is 5.82. The summed E-state index contributed by atoms with van der Waals surface area (Å²) in [6.45, 7) is 9.91. The summed E-state index contributed by atoms with van der Waals surface area (Å²) in [4.78, 5) is 11.5. The van der Waals surface area contributed by atoms with Gasteiger partial charge in [-0.3, -0.25) is 4.79 Å². The molecule has 0 aromatic heterocycles. The topological polar surface area (TPSA) is 26.3 Å². The molecule has 0 heterocycles. The number of hydrogen-bond donors (Lipinski definition) is 0. The lowest BCUT2D eigenvalue weighted by molar-refractivity contribution is -0.140. The molecule has 0 bridgehead atoms. The van der Waals surface area contributed by atoms with Crippen molar-refractivity contribution in [2.24, 2.45) is 0 Å². The highest BCUT2D eigenvalue weighted by Crippen LogP contribution is 2.15. The number of carbonyl (C=O) groups excluding carboxylic acids is 1. The molecule has 78 valence electrons. The minimum absolute atomic E-state index is 0.199. The molecule has 0 aliphatic heterocycles. The zero-order chi connectivity index (χ0) is 10.5. The number of Topliss-reactive ketones (excluding diaryl/α,β-unsaturated/α-hetero) is 1. The average molecular weight is 186 g/mol. The van der Waals surface area contributed by atoms with Gasteiger partial charge in [0.15, 0.2) is 5.78 Å². The molecule has 0 aromatic carbocycles. The molecule has 2 heteroatoms. The summed E-state index contributed by atoms with van der Waals surface area (Å²) >= 11 is 0. The molecule has 0 aliphatic carbocycles. The van der Waals surface area contributed by atoms with Crippen LogP contribution in [0.1, 0.15) is 53.9 Å². The second kappa shape index (κ2) is 5.38. The smallest absolute Gasteiger partial charge is 0.161 e. The molecule has 0 N–H and O–H groups in total. The summed E-state index contributed by atoms with van der Waals surface area (Å²) in [6.07, 6.45) is 2.20. The SMILES string of the molecule is CCC[C@H](OC(C)(C)C)C(=O)CC. The van der Waals surface area contributed by atoms with Crippen molar-refractivity contribution in [3.05, 3.63) is 0 Å². The molecule has 13 heavy (non-hydrogen) atoms. The van der Waals surface area contributed by atoms with Crippen LogP contribution in [-0.4, -0.2) is 17.5 Å². The van der Waals surface area contributed by atoms with Crippen LogP contribution in [0.25, 0.3) is 0 Å². The maximum Gasteiger partial charge on any atom is 0.161 e. The molecule has 0 saturated heterocycles. The maximum atomic E-state index is 11.5. The van der Waals surface area contributed by atoms with Crippen LogP contribution in [0, 0.1) is 0 Å². The van der Waals surface area contributed by atoms with Crippen molar-refractivity contribution in [1.82, 2.24) is 0 Å². The quantitative estimate of drug-likeness (QED) is 0.660. The van der Waals surface area contributed by atoms with Crippen molar-refractivity contribution >= 4 is 5.78 Å². The van der Waals surface area contributed by atoms with Gasteiger partial charge < -0.3 is 4.74 Å². The molecule has 0 spiro atoms. The fraction of sp³-hybridized carbons (Fsp3) is 0.909. The standard InChI is InChI=1S/C11H22O2/c1-6-8-10(9(12)7-2)13-11(3,4)5/h10H,6-8H2,1-5H3/t10-/m0/s1. The molecule has 0 saturated carbocycles. The Balaban J connectivity index is 4.17. The largest absolute Gasteiger partial charge is 0.365 e. The van der Waals surface area contributed by atoms with Crippen LogP contribution in [0.3, 0.4) is 0 Å². The molecule has 0 rings (SSSR count). The molecule has 0 amide bonds. The van der Waals surface area contributed by atoms with Crippen molar-refractivity contribution in [2.75, 3.05) is 0 Å². The zero-order valence-corrected chi connectivity index (χ0v) is 9.52. The molecule has 0 fully saturated rings. The van der Waals surface area contributed by atoms with Gasteiger partial charge in [-0.05, 0) is 27.2 Å². The van der Waals surface area contributed by atoms with Crippen molar-refractivity contribution in [1.29, 1.82) is 0 Å². The second-order valence-electron chi connectivity index (χ2n) is 4.33. The molecule has 1 atom stereocenters.